The molecule has 1 aliphatic heterocycles. The molecule has 2 heterocycles. The van der Waals surface area contributed by atoms with Crippen molar-refractivity contribution in [2.75, 3.05) is 13.1 Å². The summed E-state index contributed by atoms with van der Waals surface area (Å²) in [6, 6.07) is 6.30. The third-order valence-corrected chi connectivity index (χ3v) is 5.28. The average molecular weight is 354 g/mol. The molecule has 4 rings (SSSR count). The fraction of sp³-hybridized carbons (Fsp3) is 0.500. The van der Waals surface area contributed by atoms with Crippen molar-refractivity contribution in [3.8, 4) is 5.75 Å². The smallest absolute Gasteiger partial charge is 0.223 e. The highest BCUT2D eigenvalue weighted by molar-refractivity contribution is 7.16. The molecule has 124 valence electrons. The maximum Gasteiger partial charge on any atom is 0.223 e. The zero-order valence-corrected chi connectivity index (χ0v) is 14.3. The molecular weight excluding hydrogens is 334 g/mol. The van der Waals surface area contributed by atoms with Crippen molar-refractivity contribution in [3.63, 3.8) is 0 Å². The van der Waals surface area contributed by atoms with E-state index in [1.54, 1.807) is 11.3 Å². The highest BCUT2D eigenvalue weighted by Gasteiger charge is 2.37. The van der Waals surface area contributed by atoms with Gasteiger partial charge in [0.2, 0.25) is 5.91 Å². The van der Waals surface area contributed by atoms with E-state index in [9.17, 15) is 4.79 Å². The monoisotopic (exact) mass is 353 g/mol. The van der Waals surface area contributed by atoms with Crippen LogP contribution in [0.1, 0.15) is 19.3 Å². The summed E-state index contributed by atoms with van der Waals surface area (Å²) in [6.45, 7) is 1.89. The van der Waals surface area contributed by atoms with E-state index >= 15 is 0 Å². The molecule has 2 aromatic rings. The molecule has 0 bridgehead atoms. The van der Waals surface area contributed by atoms with Gasteiger partial charge in [-0.1, -0.05) is 6.07 Å². The van der Waals surface area contributed by atoms with E-state index in [4.69, 9.17) is 4.74 Å². The zero-order chi connectivity index (χ0) is 14.9. The van der Waals surface area contributed by atoms with E-state index in [0.717, 1.165) is 48.3 Å². The molecule has 0 spiro atoms. The number of benzene rings is 1. The Kier molecular flexibility index (Phi) is 5.04. The van der Waals surface area contributed by atoms with Gasteiger partial charge in [0, 0.05) is 18.5 Å². The Morgan fingerprint density at radius 3 is 3.04 bits per heavy atom. The number of ether oxygens (including phenoxy) is 1. The van der Waals surface area contributed by atoms with E-state index in [1.165, 1.54) is 0 Å². The van der Waals surface area contributed by atoms with Crippen molar-refractivity contribution < 1.29 is 9.53 Å². The van der Waals surface area contributed by atoms with Crippen LogP contribution < -0.4 is 15.4 Å². The Balaban J connectivity index is 0.00000156. The maximum atomic E-state index is 12.1. The van der Waals surface area contributed by atoms with Crippen LogP contribution in [-0.2, 0) is 4.79 Å². The normalized spacial score (nSPS) is 26.3. The molecule has 5 nitrogen and oxygen atoms in total. The van der Waals surface area contributed by atoms with Crippen molar-refractivity contribution in [3.05, 3.63) is 23.7 Å². The number of para-hydroxylation sites is 1. The van der Waals surface area contributed by atoms with Gasteiger partial charge in [-0.3, -0.25) is 4.79 Å². The average Bonchev–Trinajstić information content (AvgIpc) is 3.12. The fourth-order valence-electron chi connectivity index (χ4n) is 3.11. The van der Waals surface area contributed by atoms with Gasteiger partial charge in [0.25, 0.3) is 0 Å². The lowest BCUT2D eigenvalue weighted by Gasteiger charge is -2.35. The summed E-state index contributed by atoms with van der Waals surface area (Å²) in [5, 5.41) is 6.39. The number of aromatic nitrogens is 1. The van der Waals surface area contributed by atoms with Crippen LogP contribution in [-0.4, -0.2) is 36.1 Å². The molecule has 1 unspecified atom stereocenters. The van der Waals surface area contributed by atoms with Crippen molar-refractivity contribution >= 4 is 39.9 Å². The molecule has 2 fully saturated rings. The first-order valence-electron chi connectivity index (χ1n) is 7.79. The van der Waals surface area contributed by atoms with Gasteiger partial charge in [0.05, 0.1) is 10.2 Å². The van der Waals surface area contributed by atoms with Gasteiger partial charge in [-0.25, -0.2) is 4.98 Å². The summed E-state index contributed by atoms with van der Waals surface area (Å²) in [5.74, 6) is 1.11. The second kappa shape index (κ2) is 7.03. The summed E-state index contributed by atoms with van der Waals surface area (Å²) in [4.78, 5) is 16.5. The standard InChI is InChI=1S/C16H19N3O2S.ClH/c20-16(19-11-4-5-17-8-11)10-6-12(7-10)21-13-2-1-3-14-15(13)18-9-22-14;/h1-3,9-12,17H,4-8H2,(H,19,20);1H/t10-,11?,12-;. The molecule has 1 amide bonds. The second-order valence-corrected chi connectivity index (χ2v) is 6.95. The number of carbonyl (C=O) groups excluding carboxylic acids is 1. The number of nitrogens with one attached hydrogen (secondary N) is 2. The van der Waals surface area contributed by atoms with Crippen LogP contribution in [0.3, 0.4) is 0 Å². The fourth-order valence-corrected chi connectivity index (χ4v) is 3.80. The van der Waals surface area contributed by atoms with E-state index in [0.29, 0.717) is 6.04 Å². The Morgan fingerprint density at radius 2 is 2.26 bits per heavy atom. The van der Waals surface area contributed by atoms with E-state index < -0.39 is 0 Å². The van der Waals surface area contributed by atoms with Crippen LogP contribution in [0.2, 0.25) is 0 Å². The SMILES string of the molecule is Cl.O=C(NC1CCNC1)[C@H]1C[C@H](Oc2cccc3scnc23)C1. The highest BCUT2D eigenvalue weighted by atomic mass is 35.5. The van der Waals surface area contributed by atoms with Crippen molar-refractivity contribution in [1.82, 2.24) is 15.6 Å². The molecule has 1 atom stereocenters. The van der Waals surface area contributed by atoms with Crippen molar-refractivity contribution in [1.29, 1.82) is 0 Å². The minimum Gasteiger partial charge on any atom is -0.488 e. The number of fused-ring (bicyclic) bond motifs is 1. The second-order valence-electron chi connectivity index (χ2n) is 6.06. The van der Waals surface area contributed by atoms with Gasteiger partial charge in [0.1, 0.15) is 17.4 Å². The Hall–Kier alpha value is -1.37. The topological polar surface area (TPSA) is 63.2 Å². The Labute approximate surface area is 145 Å². The molecule has 1 aromatic carbocycles. The third-order valence-electron chi connectivity index (χ3n) is 4.49. The van der Waals surface area contributed by atoms with Crippen molar-refractivity contribution in [2.24, 2.45) is 5.92 Å². The van der Waals surface area contributed by atoms with E-state index in [2.05, 4.69) is 15.6 Å². The first kappa shape index (κ1) is 16.5. The van der Waals surface area contributed by atoms with Gasteiger partial charge < -0.3 is 15.4 Å². The van der Waals surface area contributed by atoms with Crippen LogP contribution in [0.4, 0.5) is 0 Å². The lowest BCUT2D eigenvalue weighted by Crippen LogP contribution is -2.47. The number of rotatable bonds is 4. The number of hydrogen-bond acceptors (Lipinski definition) is 5. The summed E-state index contributed by atoms with van der Waals surface area (Å²) < 4.78 is 7.16. The first-order valence-corrected chi connectivity index (χ1v) is 8.67. The molecule has 23 heavy (non-hydrogen) atoms. The molecule has 1 saturated carbocycles. The number of thiazole rings is 1. The number of amides is 1. The molecular formula is C16H20ClN3O2S. The number of carbonyl (C=O) groups is 1. The van der Waals surface area contributed by atoms with Gasteiger partial charge in [-0.15, -0.1) is 23.7 Å². The maximum absolute atomic E-state index is 12.1. The van der Waals surface area contributed by atoms with Gasteiger partial charge in [0.15, 0.2) is 0 Å². The highest BCUT2D eigenvalue weighted by Crippen LogP contribution is 2.35. The predicted octanol–water partition coefficient (Wildman–Crippen LogP) is 2.35. The molecule has 2 aliphatic rings. The lowest BCUT2D eigenvalue weighted by molar-refractivity contribution is -0.131. The van der Waals surface area contributed by atoms with Crippen LogP contribution in [0.25, 0.3) is 10.2 Å². The molecule has 2 N–H and O–H groups in total. The van der Waals surface area contributed by atoms with Crippen LogP contribution >= 0.6 is 23.7 Å². The Bertz CT molecular complexity index is 681. The summed E-state index contributed by atoms with van der Waals surface area (Å²) in [5.41, 5.74) is 2.77. The van der Waals surface area contributed by atoms with E-state index in [1.807, 2.05) is 23.7 Å². The molecule has 0 radical (unpaired) electrons. The molecule has 7 heteroatoms. The number of halogens is 1. The largest absolute Gasteiger partial charge is 0.488 e. The third kappa shape index (κ3) is 3.44. The molecule has 1 aromatic heterocycles. The first-order chi connectivity index (χ1) is 10.8. The summed E-state index contributed by atoms with van der Waals surface area (Å²) >= 11 is 1.62. The molecule has 1 aliphatic carbocycles. The Morgan fingerprint density at radius 1 is 1.39 bits per heavy atom. The van der Waals surface area contributed by atoms with Gasteiger partial charge >= 0.3 is 0 Å². The summed E-state index contributed by atoms with van der Waals surface area (Å²) in [6.07, 6.45) is 2.76. The van der Waals surface area contributed by atoms with Crippen molar-refractivity contribution in [2.45, 2.75) is 31.4 Å². The number of hydrogen-bond donors (Lipinski definition) is 2. The van der Waals surface area contributed by atoms with E-state index in [-0.39, 0.29) is 30.3 Å². The van der Waals surface area contributed by atoms with Crippen LogP contribution in [0, 0.1) is 5.92 Å². The zero-order valence-electron chi connectivity index (χ0n) is 12.7. The van der Waals surface area contributed by atoms with Crippen LogP contribution in [0.5, 0.6) is 5.75 Å². The minimum atomic E-state index is 0. The predicted molar refractivity (Wildman–Crippen MR) is 93.4 cm³/mol. The van der Waals surface area contributed by atoms with Gasteiger partial charge in [-0.2, -0.15) is 0 Å². The van der Waals surface area contributed by atoms with Gasteiger partial charge in [-0.05, 0) is 37.9 Å². The van der Waals surface area contributed by atoms with Crippen LogP contribution in [0.15, 0.2) is 23.7 Å². The molecule has 1 saturated heterocycles. The minimum absolute atomic E-state index is 0. The lowest BCUT2D eigenvalue weighted by atomic mass is 9.81. The quantitative estimate of drug-likeness (QED) is 0.885. The summed E-state index contributed by atoms with van der Waals surface area (Å²) in [7, 11) is 0. The number of nitrogens with zero attached hydrogens (tertiary/aromatic N) is 1.